The fourth-order valence-electron chi connectivity index (χ4n) is 3.37. The van der Waals surface area contributed by atoms with E-state index in [9.17, 15) is 14.7 Å². The van der Waals surface area contributed by atoms with E-state index in [1.807, 2.05) is 0 Å². The van der Waals surface area contributed by atoms with Gasteiger partial charge in [-0.25, -0.2) is 9.79 Å². The van der Waals surface area contributed by atoms with E-state index in [-0.39, 0.29) is 28.9 Å². The third-order valence-corrected chi connectivity index (χ3v) is 5.01. The maximum atomic E-state index is 12.9. The highest BCUT2D eigenvalue weighted by molar-refractivity contribution is 5.96. The number of benzene rings is 2. The molecule has 4 rings (SSSR count). The van der Waals surface area contributed by atoms with Gasteiger partial charge in [0.25, 0.3) is 5.91 Å². The van der Waals surface area contributed by atoms with Gasteiger partial charge >= 0.3 is 5.97 Å². The molecule has 0 radical (unpaired) electrons. The molecule has 31 heavy (non-hydrogen) atoms. The van der Waals surface area contributed by atoms with Crippen LogP contribution in [-0.4, -0.2) is 43.3 Å². The number of amides is 1. The molecule has 1 aromatic heterocycles. The predicted octanol–water partition coefficient (Wildman–Crippen LogP) is 3.07. The highest BCUT2D eigenvalue weighted by atomic mass is 16.5. The van der Waals surface area contributed by atoms with Gasteiger partial charge in [-0.1, -0.05) is 0 Å². The molecule has 2 heterocycles. The molecule has 1 fully saturated rings. The number of nitrogens with zero attached hydrogens (tertiary/aromatic N) is 1. The first-order valence-corrected chi connectivity index (χ1v) is 9.93. The molecule has 8 nitrogen and oxygen atoms in total. The lowest BCUT2D eigenvalue weighted by Gasteiger charge is -2.11. The number of aromatic hydroxyl groups is 1. The first-order valence-electron chi connectivity index (χ1n) is 9.93. The third-order valence-electron chi connectivity index (χ3n) is 5.01. The van der Waals surface area contributed by atoms with Crippen molar-refractivity contribution in [2.24, 2.45) is 4.99 Å². The number of esters is 1. The number of carbonyl (C=O) groups is 2. The van der Waals surface area contributed by atoms with E-state index in [2.05, 4.69) is 10.3 Å². The Labute approximate surface area is 178 Å². The maximum absolute atomic E-state index is 12.9. The highest BCUT2D eigenvalue weighted by Crippen LogP contribution is 2.20. The summed E-state index contributed by atoms with van der Waals surface area (Å²) >= 11 is 0. The van der Waals surface area contributed by atoms with Gasteiger partial charge in [-0.3, -0.25) is 4.79 Å². The van der Waals surface area contributed by atoms with E-state index >= 15 is 0 Å². The van der Waals surface area contributed by atoms with Gasteiger partial charge in [-0.05, 0) is 55.3 Å². The second-order valence-electron chi connectivity index (χ2n) is 7.18. The Morgan fingerprint density at radius 2 is 2.00 bits per heavy atom. The Balaban J connectivity index is 1.72. The van der Waals surface area contributed by atoms with Crippen LogP contribution < -0.4 is 10.9 Å². The summed E-state index contributed by atoms with van der Waals surface area (Å²) in [6.07, 6.45) is 1.90. The molecule has 0 saturated carbocycles. The molecule has 1 amide bonds. The van der Waals surface area contributed by atoms with Crippen molar-refractivity contribution < 1.29 is 28.6 Å². The largest absolute Gasteiger partial charge is 0.508 e. The predicted molar refractivity (Wildman–Crippen MR) is 112 cm³/mol. The zero-order chi connectivity index (χ0) is 21.8. The average Bonchev–Trinajstić information content (AvgIpc) is 3.30. The topological polar surface area (TPSA) is 110 Å². The van der Waals surface area contributed by atoms with Crippen LogP contribution in [0.25, 0.3) is 11.0 Å². The Morgan fingerprint density at radius 1 is 1.19 bits per heavy atom. The second kappa shape index (κ2) is 9.01. The average molecular weight is 422 g/mol. The summed E-state index contributed by atoms with van der Waals surface area (Å²) < 4.78 is 16.1. The molecule has 160 valence electrons. The lowest BCUT2D eigenvalue weighted by atomic mass is 10.1. The molecule has 2 N–H and O–H groups in total. The minimum Gasteiger partial charge on any atom is -0.508 e. The van der Waals surface area contributed by atoms with Crippen molar-refractivity contribution in [3.63, 3.8) is 0 Å². The summed E-state index contributed by atoms with van der Waals surface area (Å²) in [5.41, 5.74) is 1.61. The van der Waals surface area contributed by atoms with Crippen LogP contribution in [0.5, 0.6) is 5.75 Å². The second-order valence-corrected chi connectivity index (χ2v) is 7.18. The summed E-state index contributed by atoms with van der Waals surface area (Å²) in [7, 11) is 1.31. The monoisotopic (exact) mass is 422 g/mol. The zero-order valence-electron chi connectivity index (χ0n) is 17.0. The van der Waals surface area contributed by atoms with Gasteiger partial charge in [0.2, 0.25) is 5.55 Å². The molecule has 0 spiro atoms. The number of hydrogen-bond acceptors (Lipinski definition) is 7. The van der Waals surface area contributed by atoms with E-state index in [1.54, 1.807) is 36.4 Å². The lowest BCUT2D eigenvalue weighted by Crippen LogP contribution is -2.34. The SMILES string of the molecule is COC(=O)c1ccc(N=c2oc3cc(O)ccc3cc2C(=O)NCC2CCCO2)cc1. The molecular weight excluding hydrogens is 400 g/mol. The van der Waals surface area contributed by atoms with E-state index in [0.717, 1.165) is 12.8 Å². The number of rotatable bonds is 5. The molecule has 0 bridgehead atoms. The molecule has 0 aliphatic carbocycles. The van der Waals surface area contributed by atoms with Gasteiger partial charge in [-0.15, -0.1) is 0 Å². The number of ether oxygens (including phenoxy) is 2. The molecule has 2 aromatic carbocycles. The van der Waals surface area contributed by atoms with Gasteiger partial charge in [-0.2, -0.15) is 0 Å². The van der Waals surface area contributed by atoms with Crippen LogP contribution in [-0.2, 0) is 9.47 Å². The van der Waals surface area contributed by atoms with Crippen molar-refractivity contribution in [2.75, 3.05) is 20.3 Å². The number of fused-ring (bicyclic) bond motifs is 1. The van der Waals surface area contributed by atoms with Crippen LogP contribution in [0, 0.1) is 0 Å². The van der Waals surface area contributed by atoms with Crippen LogP contribution in [0.1, 0.15) is 33.6 Å². The number of carbonyl (C=O) groups excluding carboxylic acids is 2. The summed E-state index contributed by atoms with van der Waals surface area (Å²) in [5, 5.41) is 13.3. The molecule has 1 aliphatic heterocycles. The summed E-state index contributed by atoms with van der Waals surface area (Å²) in [4.78, 5) is 29.0. The van der Waals surface area contributed by atoms with Crippen LogP contribution in [0.4, 0.5) is 5.69 Å². The number of phenolic OH excluding ortho intramolecular Hbond substituents is 1. The smallest absolute Gasteiger partial charge is 0.337 e. The Kier molecular flexibility index (Phi) is 5.99. The maximum Gasteiger partial charge on any atom is 0.337 e. The summed E-state index contributed by atoms with van der Waals surface area (Å²) in [6.45, 7) is 1.11. The molecular formula is C23H22N2O6. The molecule has 1 atom stereocenters. The fourth-order valence-corrected chi connectivity index (χ4v) is 3.37. The fraction of sp³-hybridized carbons (Fsp3) is 0.261. The van der Waals surface area contributed by atoms with E-state index in [1.165, 1.54) is 19.2 Å². The van der Waals surface area contributed by atoms with Gasteiger partial charge in [0.1, 0.15) is 16.9 Å². The number of hydrogen-bond donors (Lipinski definition) is 2. The van der Waals surface area contributed by atoms with Crippen LogP contribution in [0.15, 0.2) is 57.9 Å². The molecule has 1 unspecified atom stereocenters. The summed E-state index contributed by atoms with van der Waals surface area (Å²) in [6, 6.07) is 12.7. The lowest BCUT2D eigenvalue weighted by molar-refractivity contribution is 0.0600. The highest BCUT2D eigenvalue weighted by Gasteiger charge is 2.18. The van der Waals surface area contributed by atoms with Crippen molar-refractivity contribution in [3.05, 3.63) is 65.2 Å². The number of phenols is 1. The zero-order valence-corrected chi connectivity index (χ0v) is 17.0. The van der Waals surface area contributed by atoms with E-state index < -0.39 is 5.97 Å². The van der Waals surface area contributed by atoms with Crippen LogP contribution in [0.2, 0.25) is 0 Å². The third kappa shape index (κ3) is 4.75. The van der Waals surface area contributed by atoms with Gasteiger partial charge in [0.15, 0.2) is 0 Å². The normalized spacial score (nSPS) is 16.4. The molecule has 1 saturated heterocycles. The number of methoxy groups -OCH3 is 1. The Morgan fingerprint density at radius 3 is 2.71 bits per heavy atom. The van der Waals surface area contributed by atoms with Crippen LogP contribution in [0.3, 0.4) is 0 Å². The molecule has 8 heteroatoms. The van der Waals surface area contributed by atoms with Gasteiger partial charge < -0.3 is 24.3 Å². The van der Waals surface area contributed by atoms with Crippen molar-refractivity contribution in [3.8, 4) is 5.75 Å². The quantitative estimate of drug-likeness (QED) is 0.612. The minimum atomic E-state index is -0.452. The van der Waals surface area contributed by atoms with Crippen molar-refractivity contribution in [1.82, 2.24) is 5.32 Å². The first kappa shape index (κ1) is 20.6. The first-order chi connectivity index (χ1) is 15.0. The van der Waals surface area contributed by atoms with E-state index in [0.29, 0.717) is 35.4 Å². The molecule has 1 aliphatic rings. The number of nitrogens with one attached hydrogen (secondary N) is 1. The van der Waals surface area contributed by atoms with Crippen molar-refractivity contribution >= 4 is 28.5 Å². The van der Waals surface area contributed by atoms with Crippen LogP contribution >= 0.6 is 0 Å². The van der Waals surface area contributed by atoms with Gasteiger partial charge in [0.05, 0.1) is 24.5 Å². The Bertz CT molecular complexity index is 1180. The molecule has 3 aromatic rings. The van der Waals surface area contributed by atoms with Gasteiger partial charge in [0, 0.05) is 24.6 Å². The summed E-state index contributed by atoms with van der Waals surface area (Å²) in [5.74, 6) is -0.744. The van der Waals surface area contributed by atoms with Crippen molar-refractivity contribution in [1.29, 1.82) is 0 Å². The standard InChI is InChI=1S/C23H22N2O6/c1-29-23(28)14-4-7-16(8-5-14)25-22-19(21(27)24-13-18-3-2-10-30-18)11-15-6-9-17(26)12-20(15)31-22/h4-9,11-12,18,26H,2-3,10,13H2,1H3,(H,24,27). The van der Waals surface area contributed by atoms with Crippen molar-refractivity contribution in [2.45, 2.75) is 18.9 Å². The van der Waals surface area contributed by atoms with E-state index in [4.69, 9.17) is 13.9 Å². The minimum absolute atomic E-state index is 0.00421. The Hall–Kier alpha value is -3.65.